The predicted octanol–water partition coefficient (Wildman–Crippen LogP) is 0.876. The Morgan fingerprint density at radius 1 is 1.53 bits per heavy atom. The molecule has 6 heteroatoms. The molecule has 0 aliphatic heterocycles. The van der Waals surface area contributed by atoms with Crippen molar-refractivity contribution in [3.8, 4) is 0 Å². The van der Waals surface area contributed by atoms with E-state index in [2.05, 4.69) is 5.32 Å². The van der Waals surface area contributed by atoms with Crippen molar-refractivity contribution in [1.82, 2.24) is 5.32 Å². The van der Waals surface area contributed by atoms with Crippen molar-refractivity contribution < 1.29 is 19.8 Å². The van der Waals surface area contributed by atoms with Crippen molar-refractivity contribution in [2.24, 2.45) is 0 Å². The fourth-order valence-corrected chi connectivity index (χ4v) is 2.25. The lowest BCUT2D eigenvalue weighted by Crippen LogP contribution is -2.30. The van der Waals surface area contributed by atoms with Crippen molar-refractivity contribution in [2.75, 3.05) is 6.54 Å². The number of aliphatic carboxylic acids is 1. The number of aliphatic hydroxyl groups is 1. The maximum Gasteiger partial charge on any atom is 0.332 e. The van der Waals surface area contributed by atoms with Gasteiger partial charge in [-0.25, -0.2) is 4.79 Å². The number of thiophene rings is 1. The van der Waals surface area contributed by atoms with Crippen molar-refractivity contribution >= 4 is 23.2 Å². The van der Waals surface area contributed by atoms with Gasteiger partial charge in [0.15, 0.2) is 6.10 Å². The number of hydrogen-bond acceptors (Lipinski definition) is 4. The number of rotatable bonds is 6. The van der Waals surface area contributed by atoms with Crippen molar-refractivity contribution in [2.45, 2.75) is 25.9 Å². The summed E-state index contributed by atoms with van der Waals surface area (Å²) in [6, 6.07) is 1.89. The highest BCUT2D eigenvalue weighted by molar-refractivity contribution is 7.12. The third kappa shape index (κ3) is 3.83. The van der Waals surface area contributed by atoms with E-state index in [0.29, 0.717) is 4.88 Å². The molecule has 5 nitrogen and oxygen atoms in total. The van der Waals surface area contributed by atoms with Gasteiger partial charge < -0.3 is 15.5 Å². The number of hydrogen-bond donors (Lipinski definition) is 3. The monoisotopic (exact) mass is 257 g/mol. The van der Waals surface area contributed by atoms with Crippen LogP contribution in [0.2, 0.25) is 0 Å². The summed E-state index contributed by atoms with van der Waals surface area (Å²) in [4.78, 5) is 22.7. The van der Waals surface area contributed by atoms with E-state index < -0.39 is 12.1 Å². The van der Waals surface area contributed by atoms with Crippen LogP contribution >= 0.6 is 11.3 Å². The molecule has 1 rings (SSSR count). The number of carbonyl (C=O) groups is 2. The van der Waals surface area contributed by atoms with E-state index in [4.69, 9.17) is 10.2 Å². The predicted molar refractivity (Wildman–Crippen MR) is 64.3 cm³/mol. The Labute approximate surface area is 103 Å². The molecule has 94 valence electrons. The number of nitrogens with one attached hydrogen (secondary N) is 1. The molecule has 0 saturated carbocycles. The zero-order valence-corrected chi connectivity index (χ0v) is 10.3. The van der Waals surface area contributed by atoms with Crippen LogP contribution in [-0.4, -0.2) is 34.7 Å². The standard InChI is InChI=1S/C11H15NO4S/c1-2-7-4-6-17-9(7)10(14)12-5-3-8(13)11(15)16/h4,6,8,13H,2-3,5H2,1H3,(H,12,14)(H,15,16). The van der Waals surface area contributed by atoms with Crippen LogP contribution < -0.4 is 5.32 Å². The molecule has 0 aliphatic carbocycles. The third-order valence-corrected chi connectivity index (χ3v) is 3.28. The highest BCUT2D eigenvalue weighted by Gasteiger charge is 2.15. The quantitative estimate of drug-likeness (QED) is 0.706. The first kappa shape index (κ1) is 13.7. The number of carboxylic acid groups (broad SMARTS) is 1. The number of amides is 1. The van der Waals surface area contributed by atoms with Gasteiger partial charge in [-0.3, -0.25) is 4.79 Å². The summed E-state index contributed by atoms with van der Waals surface area (Å²) in [6.45, 7) is 2.11. The Bertz CT molecular complexity index is 402. The minimum absolute atomic E-state index is 0.00784. The van der Waals surface area contributed by atoms with Gasteiger partial charge in [-0.1, -0.05) is 6.92 Å². The van der Waals surface area contributed by atoms with Crippen LogP contribution in [0.4, 0.5) is 0 Å². The summed E-state index contributed by atoms with van der Waals surface area (Å²) in [6.07, 6.45) is -0.637. The van der Waals surface area contributed by atoms with Crippen LogP contribution in [0.1, 0.15) is 28.6 Å². The highest BCUT2D eigenvalue weighted by Crippen LogP contribution is 2.16. The van der Waals surface area contributed by atoms with Gasteiger partial charge in [0, 0.05) is 13.0 Å². The van der Waals surface area contributed by atoms with Gasteiger partial charge in [-0.05, 0) is 23.4 Å². The van der Waals surface area contributed by atoms with Crippen LogP contribution in [-0.2, 0) is 11.2 Å². The number of carbonyl (C=O) groups excluding carboxylic acids is 1. The van der Waals surface area contributed by atoms with Gasteiger partial charge in [-0.2, -0.15) is 0 Å². The molecule has 17 heavy (non-hydrogen) atoms. The lowest BCUT2D eigenvalue weighted by molar-refractivity contribution is -0.146. The second-order valence-corrected chi connectivity index (χ2v) is 4.44. The molecule has 1 amide bonds. The minimum Gasteiger partial charge on any atom is -0.479 e. The fraction of sp³-hybridized carbons (Fsp3) is 0.455. The second kappa shape index (κ2) is 6.36. The number of aryl methyl sites for hydroxylation is 1. The molecule has 1 aromatic rings. The van der Waals surface area contributed by atoms with E-state index in [-0.39, 0.29) is 18.9 Å². The molecule has 0 bridgehead atoms. The van der Waals surface area contributed by atoms with E-state index in [1.54, 1.807) is 0 Å². The van der Waals surface area contributed by atoms with Crippen LogP contribution in [0, 0.1) is 0 Å². The largest absolute Gasteiger partial charge is 0.479 e. The molecule has 1 unspecified atom stereocenters. The normalized spacial score (nSPS) is 12.1. The van der Waals surface area contributed by atoms with E-state index >= 15 is 0 Å². The average Bonchev–Trinajstić information content (AvgIpc) is 2.76. The molecule has 1 heterocycles. The van der Waals surface area contributed by atoms with Gasteiger partial charge >= 0.3 is 5.97 Å². The summed E-state index contributed by atoms with van der Waals surface area (Å²) in [5.41, 5.74) is 0.978. The lowest BCUT2D eigenvalue weighted by Gasteiger charge is -2.07. The number of carboxylic acids is 1. The number of aliphatic hydroxyl groups excluding tert-OH is 1. The minimum atomic E-state index is -1.43. The molecule has 0 spiro atoms. The fourth-order valence-electron chi connectivity index (χ4n) is 1.34. The lowest BCUT2D eigenvalue weighted by atomic mass is 10.2. The Morgan fingerprint density at radius 2 is 2.24 bits per heavy atom. The van der Waals surface area contributed by atoms with Crippen molar-refractivity contribution in [1.29, 1.82) is 0 Å². The SMILES string of the molecule is CCc1ccsc1C(=O)NCCC(O)C(=O)O. The topological polar surface area (TPSA) is 86.6 Å². The summed E-state index contributed by atoms with van der Waals surface area (Å²) < 4.78 is 0. The van der Waals surface area contributed by atoms with Crippen LogP contribution in [0.15, 0.2) is 11.4 Å². The van der Waals surface area contributed by atoms with Gasteiger partial charge in [0.05, 0.1) is 4.88 Å². The molecular weight excluding hydrogens is 242 g/mol. The van der Waals surface area contributed by atoms with Crippen molar-refractivity contribution in [3.05, 3.63) is 21.9 Å². The Hall–Kier alpha value is -1.40. The molecule has 0 radical (unpaired) electrons. The first-order valence-corrected chi connectivity index (χ1v) is 6.19. The smallest absolute Gasteiger partial charge is 0.332 e. The molecule has 0 aliphatic rings. The molecule has 0 fully saturated rings. The van der Waals surface area contributed by atoms with E-state index in [1.165, 1.54) is 11.3 Å². The molecule has 1 atom stereocenters. The first-order valence-electron chi connectivity index (χ1n) is 5.31. The first-order chi connectivity index (χ1) is 8.06. The van der Waals surface area contributed by atoms with Crippen LogP contribution in [0.5, 0.6) is 0 Å². The summed E-state index contributed by atoms with van der Waals surface area (Å²) in [5, 5.41) is 21.9. The van der Waals surface area contributed by atoms with Gasteiger partial charge in [-0.15, -0.1) is 11.3 Å². The summed E-state index contributed by atoms with van der Waals surface area (Å²) in [5.74, 6) is -1.49. The Kier molecular flexibility index (Phi) is 5.11. The second-order valence-electron chi connectivity index (χ2n) is 3.53. The Morgan fingerprint density at radius 3 is 2.82 bits per heavy atom. The third-order valence-electron chi connectivity index (χ3n) is 2.32. The Balaban J connectivity index is 2.43. The summed E-state index contributed by atoms with van der Waals surface area (Å²) in [7, 11) is 0. The van der Waals surface area contributed by atoms with Crippen molar-refractivity contribution in [3.63, 3.8) is 0 Å². The van der Waals surface area contributed by atoms with Gasteiger partial charge in [0.1, 0.15) is 0 Å². The molecule has 0 aromatic carbocycles. The maximum atomic E-state index is 11.7. The zero-order valence-electron chi connectivity index (χ0n) is 9.47. The van der Waals surface area contributed by atoms with E-state index in [0.717, 1.165) is 12.0 Å². The van der Waals surface area contributed by atoms with Crippen LogP contribution in [0.25, 0.3) is 0 Å². The average molecular weight is 257 g/mol. The van der Waals surface area contributed by atoms with E-state index in [1.807, 2.05) is 18.4 Å². The van der Waals surface area contributed by atoms with Gasteiger partial charge in [0.25, 0.3) is 5.91 Å². The molecular formula is C11H15NO4S. The van der Waals surface area contributed by atoms with Gasteiger partial charge in [0.2, 0.25) is 0 Å². The maximum absolute atomic E-state index is 11.7. The van der Waals surface area contributed by atoms with E-state index in [9.17, 15) is 9.59 Å². The molecule has 3 N–H and O–H groups in total. The molecule has 1 aromatic heterocycles. The summed E-state index contributed by atoms with van der Waals surface area (Å²) >= 11 is 1.36. The zero-order chi connectivity index (χ0) is 12.8. The highest BCUT2D eigenvalue weighted by atomic mass is 32.1. The van der Waals surface area contributed by atoms with Crippen LogP contribution in [0.3, 0.4) is 0 Å². The molecule has 0 saturated heterocycles.